The predicted octanol–water partition coefficient (Wildman–Crippen LogP) is 9.86. The zero-order chi connectivity index (χ0) is 30.8. The Balaban J connectivity index is 0.000000445. The number of rotatable bonds is 12. The molecular weight excluding hydrogens is 507 g/mol. The molecule has 2 unspecified atom stereocenters. The average Bonchev–Trinajstić information content (AvgIpc) is 2.97. The van der Waals surface area contributed by atoms with Crippen LogP contribution < -0.4 is 0 Å². The van der Waals surface area contributed by atoms with Gasteiger partial charge in [-0.2, -0.15) is 0 Å². The van der Waals surface area contributed by atoms with E-state index < -0.39 is 0 Å². The summed E-state index contributed by atoms with van der Waals surface area (Å²) < 4.78 is 13.5. The SMILES string of the molecule is CC.CC/C=C(/C)N1CCC(CC=O)CC1.CCCN(CC(C)C(C)C)C(c1ccc(C)cc1)c1ccc(F)cc1. The van der Waals surface area contributed by atoms with Gasteiger partial charge in [0.05, 0.1) is 6.04 Å². The van der Waals surface area contributed by atoms with Gasteiger partial charge in [0.2, 0.25) is 0 Å². The van der Waals surface area contributed by atoms with Crippen LogP contribution in [-0.2, 0) is 4.79 Å². The Morgan fingerprint density at radius 1 is 0.976 bits per heavy atom. The molecule has 41 heavy (non-hydrogen) atoms. The van der Waals surface area contributed by atoms with Crippen molar-refractivity contribution in [2.75, 3.05) is 26.2 Å². The van der Waals surface area contributed by atoms with Gasteiger partial charge in [0, 0.05) is 31.8 Å². The minimum absolute atomic E-state index is 0.169. The van der Waals surface area contributed by atoms with Crippen LogP contribution in [0, 0.1) is 30.5 Å². The normalized spacial score (nSPS) is 15.5. The molecular formula is C37H59FN2O. The molecule has 1 saturated heterocycles. The molecule has 0 spiro atoms. The quantitative estimate of drug-likeness (QED) is 0.239. The number of allylic oxidation sites excluding steroid dienone is 2. The molecule has 3 rings (SSSR count). The van der Waals surface area contributed by atoms with E-state index in [4.69, 9.17) is 0 Å². The van der Waals surface area contributed by atoms with Crippen LogP contribution in [0.1, 0.15) is 110 Å². The Bertz CT molecular complexity index is 930. The summed E-state index contributed by atoms with van der Waals surface area (Å²) in [7, 11) is 0. The largest absolute Gasteiger partial charge is 0.375 e. The zero-order valence-corrected chi connectivity index (χ0v) is 27.6. The molecule has 0 aromatic heterocycles. The summed E-state index contributed by atoms with van der Waals surface area (Å²) in [6.45, 7) is 23.9. The summed E-state index contributed by atoms with van der Waals surface area (Å²) in [5, 5.41) is 0. The van der Waals surface area contributed by atoms with E-state index >= 15 is 0 Å². The van der Waals surface area contributed by atoms with Gasteiger partial charge in [-0.1, -0.05) is 96.5 Å². The average molecular weight is 567 g/mol. The molecule has 1 aliphatic heterocycles. The Kier molecular flexibility index (Phi) is 18.2. The minimum atomic E-state index is -0.177. The van der Waals surface area contributed by atoms with Crippen LogP contribution >= 0.6 is 0 Å². The van der Waals surface area contributed by atoms with Crippen molar-refractivity contribution in [3.05, 3.63) is 82.8 Å². The van der Waals surface area contributed by atoms with E-state index in [0.29, 0.717) is 17.8 Å². The Morgan fingerprint density at radius 3 is 1.98 bits per heavy atom. The summed E-state index contributed by atoms with van der Waals surface area (Å²) in [4.78, 5) is 15.4. The van der Waals surface area contributed by atoms with Gasteiger partial charge in [0.25, 0.3) is 0 Å². The molecule has 0 saturated carbocycles. The van der Waals surface area contributed by atoms with Gasteiger partial charge in [-0.3, -0.25) is 4.90 Å². The summed E-state index contributed by atoms with van der Waals surface area (Å²) >= 11 is 0. The first-order valence-electron chi connectivity index (χ1n) is 16.1. The lowest BCUT2D eigenvalue weighted by atomic mass is 9.92. The van der Waals surface area contributed by atoms with Gasteiger partial charge >= 0.3 is 0 Å². The third-order valence-electron chi connectivity index (χ3n) is 8.16. The Morgan fingerprint density at radius 2 is 1.51 bits per heavy atom. The second-order valence-corrected chi connectivity index (χ2v) is 11.7. The number of carbonyl (C=O) groups excluding carboxylic acids is 1. The fourth-order valence-corrected chi connectivity index (χ4v) is 5.28. The number of likely N-dealkylation sites (tertiary alicyclic amines) is 1. The van der Waals surface area contributed by atoms with Crippen molar-refractivity contribution in [2.45, 2.75) is 100 Å². The molecule has 0 bridgehead atoms. The van der Waals surface area contributed by atoms with E-state index in [2.05, 4.69) is 88.6 Å². The molecule has 1 heterocycles. The molecule has 230 valence electrons. The van der Waals surface area contributed by atoms with Crippen LogP contribution in [0.4, 0.5) is 4.39 Å². The standard InChI is InChI=1S/C23H32FN.C12H21NO.C2H6/c1-6-15-25(16-19(5)17(2)3)23(20-9-7-18(4)8-10-20)21-11-13-22(24)14-12-21;1-3-4-11(2)13-8-5-12(6-9-13)7-10-14;1-2/h7-14,17,19,23H,6,15-16H2,1-5H3;4,10,12H,3,5-9H2,1-2H3;1-2H3/b;11-4-;. The maximum absolute atomic E-state index is 13.5. The van der Waals surface area contributed by atoms with Crippen LogP contribution in [-0.4, -0.2) is 42.3 Å². The van der Waals surface area contributed by atoms with Gasteiger partial charge in [-0.25, -0.2) is 4.39 Å². The molecule has 3 nitrogen and oxygen atoms in total. The first kappa shape index (κ1) is 36.6. The number of hydrogen-bond donors (Lipinski definition) is 0. The summed E-state index contributed by atoms with van der Waals surface area (Å²) in [5.41, 5.74) is 5.10. The van der Waals surface area contributed by atoms with E-state index in [9.17, 15) is 9.18 Å². The number of halogens is 1. The molecule has 2 aromatic carbocycles. The van der Waals surface area contributed by atoms with E-state index in [0.717, 1.165) is 57.3 Å². The predicted molar refractivity (Wildman–Crippen MR) is 176 cm³/mol. The monoisotopic (exact) mass is 566 g/mol. The fourth-order valence-electron chi connectivity index (χ4n) is 5.28. The highest BCUT2D eigenvalue weighted by atomic mass is 19.1. The smallest absolute Gasteiger partial charge is 0.123 e. The first-order valence-corrected chi connectivity index (χ1v) is 16.1. The van der Waals surface area contributed by atoms with Gasteiger partial charge in [-0.15, -0.1) is 0 Å². The van der Waals surface area contributed by atoms with Crippen molar-refractivity contribution in [3.63, 3.8) is 0 Å². The van der Waals surface area contributed by atoms with Crippen molar-refractivity contribution >= 4 is 6.29 Å². The molecule has 2 aromatic rings. The molecule has 1 fully saturated rings. The van der Waals surface area contributed by atoms with Crippen molar-refractivity contribution in [1.82, 2.24) is 9.80 Å². The lowest BCUT2D eigenvalue weighted by Crippen LogP contribution is -2.35. The Hall–Kier alpha value is -2.46. The molecule has 0 N–H and O–H groups in total. The van der Waals surface area contributed by atoms with Gasteiger partial charge in [-0.05, 0) is 87.1 Å². The van der Waals surface area contributed by atoms with Crippen LogP contribution in [0.3, 0.4) is 0 Å². The van der Waals surface area contributed by atoms with Gasteiger partial charge < -0.3 is 9.69 Å². The number of aryl methyl sites for hydroxylation is 1. The van der Waals surface area contributed by atoms with Crippen molar-refractivity contribution in [3.8, 4) is 0 Å². The third kappa shape index (κ3) is 12.9. The maximum Gasteiger partial charge on any atom is 0.123 e. The highest BCUT2D eigenvalue weighted by Crippen LogP contribution is 2.31. The molecule has 0 amide bonds. The molecule has 1 aliphatic rings. The van der Waals surface area contributed by atoms with Crippen LogP contribution in [0.2, 0.25) is 0 Å². The van der Waals surface area contributed by atoms with E-state index in [-0.39, 0.29) is 11.9 Å². The number of nitrogens with zero attached hydrogens (tertiary/aromatic N) is 2. The number of aldehydes is 1. The lowest BCUT2D eigenvalue weighted by Gasteiger charge is -2.35. The fraction of sp³-hybridized carbons (Fsp3) is 0.595. The highest BCUT2D eigenvalue weighted by Gasteiger charge is 2.24. The first-order chi connectivity index (χ1) is 19.7. The molecule has 0 aliphatic carbocycles. The zero-order valence-electron chi connectivity index (χ0n) is 27.6. The molecule has 0 radical (unpaired) electrons. The highest BCUT2D eigenvalue weighted by molar-refractivity contribution is 5.49. The lowest BCUT2D eigenvalue weighted by molar-refractivity contribution is -0.108. The second-order valence-electron chi connectivity index (χ2n) is 11.7. The minimum Gasteiger partial charge on any atom is -0.375 e. The molecule has 4 heteroatoms. The maximum atomic E-state index is 13.5. The van der Waals surface area contributed by atoms with Crippen LogP contribution in [0.15, 0.2) is 60.3 Å². The van der Waals surface area contributed by atoms with Gasteiger partial charge in [0.1, 0.15) is 12.1 Å². The van der Waals surface area contributed by atoms with Crippen molar-refractivity contribution < 1.29 is 9.18 Å². The number of hydrogen-bond acceptors (Lipinski definition) is 3. The summed E-state index contributed by atoms with van der Waals surface area (Å²) in [6, 6.07) is 16.0. The topological polar surface area (TPSA) is 23.6 Å². The van der Waals surface area contributed by atoms with E-state index in [1.165, 1.54) is 29.7 Å². The van der Waals surface area contributed by atoms with Crippen LogP contribution in [0.25, 0.3) is 0 Å². The number of carbonyl (C=O) groups is 1. The number of piperidine rings is 1. The third-order valence-corrected chi connectivity index (χ3v) is 8.16. The van der Waals surface area contributed by atoms with E-state index in [1.807, 2.05) is 26.0 Å². The summed E-state index contributed by atoms with van der Waals surface area (Å²) in [6.07, 6.45) is 8.66. The van der Waals surface area contributed by atoms with E-state index in [1.54, 1.807) is 12.1 Å². The second kappa shape index (κ2) is 20.4. The van der Waals surface area contributed by atoms with Gasteiger partial charge in [0.15, 0.2) is 0 Å². The van der Waals surface area contributed by atoms with Crippen molar-refractivity contribution in [2.24, 2.45) is 17.8 Å². The van der Waals surface area contributed by atoms with Crippen LogP contribution in [0.5, 0.6) is 0 Å². The van der Waals surface area contributed by atoms with Crippen molar-refractivity contribution in [1.29, 1.82) is 0 Å². The summed E-state index contributed by atoms with van der Waals surface area (Å²) in [5.74, 6) is 1.72. The number of benzene rings is 2. The molecule has 2 atom stereocenters. The Labute approximate surface area is 252 Å².